The predicted octanol–water partition coefficient (Wildman–Crippen LogP) is 2.51. The van der Waals surface area contributed by atoms with E-state index in [1.165, 1.54) is 5.56 Å². The van der Waals surface area contributed by atoms with Gasteiger partial charge in [-0.1, -0.05) is 23.8 Å². The first-order chi connectivity index (χ1) is 15.2. The number of aromatic nitrogens is 2. The average Bonchev–Trinajstić information content (AvgIpc) is 2.82. The first-order valence-electron chi connectivity index (χ1n) is 11.4. The van der Waals surface area contributed by atoms with Crippen LogP contribution in [0, 0.1) is 12.8 Å². The molecule has 7 nitrogen and oxygen atoms in total. The predicted molar refractivity (Wildman–Crippen MR) is 122 cm³/mol. The molecule has 4 rings (SSSR count). The van der Waals surface area contributed by atoms with E-state index in [-0.39, 0.29) is 11.8 Å². The van der Waals surface area contributed by atoms with Gasteiger partial charge in [-0.25, -0.2) is 0 Å². The van der Waals surface area contributed by atoms with Gasteiger partial charge in [0.1, 0.15) is 0 Å². The zero-order valence-corrected chi connectivity index (χ0v) is 18.4. The van der Waals surface area contributed by atoms with Crippen LogP contribution >= 0.6 is 0 Å². The molecular formula is C24H33N5O2. The molecule has 7 heteroatoms. The number of hydrogen-bond donors (Lipinski definition) is 1. The number of carbonyl (C=O) groups excluding carboxylic acids is 1. The maximum atomic E-state index is 12.7. The lowest BCUT2D eigenvalue weighted by Gasteiger charge is -2.32. The Hall–Kier alpha value is -2.51. The van der Waals surface area contributed by atoms with Crippen LogP contribution < -0.4 is 10.2 Å². The zero-order chi connectivity index (χ0) is 21.5. The van der Waals surface area contributed by atoms with E-state index in [4.69, 9.17) is 4.74 Å². The minimum Gasteiger partial charge on any atom is -0.379 e. The van der Waals surface area contributed by atoms with E-state index < -0.39 is 0 Å². The number of ether oxygens (including phenoxy) is 1. The summed E-state index contributed by atoms with van der Waals surface area (Å²) in [7, 11) is 0. The Kier molecular flexibility index (Phi) is 7.48. The number of piperidine rings is 1. The number of anilines is 1. The summed E-state index contributed by atoms with van der Waals surface area (Å²) in [6.45, 7) is 9.07. The van der Waals surface area contributed by atoms with Gasteiger partial charge in [0.15, 0.2) is 5.82 Å². The number of amides is 1. The number of benzene rings is 1. The molecule has 0 saturated carbocycles. The van der Waals surface area contributed by atoms with Gasteiger partial charge in [-0.2, -0.15) is 0 Å². The summed E-state index contributed by atoms with van der Waals surface area (Å²) in [5, 5.41) is 12.0. The lowest BCUT2D eigenvalue weighted by atomic mass is 9.97. The van der Waals surface area contributed by atoms with Crippen LogP contribution in [0.2, 0.25) is 0 Å². The fraction of sp³-hybridized carbons (Fsp3) is 0.542. The van der Waals surface area contributed by atoms with E-state index in [9.17, 15) is 4.79 Å². The third-order valence-corrected chi connectivity index (χ3v) is 6.13. The Morgan fingerprint density at radius 2 is 2.03 bits per heavy atom. The molecule has 0 spiro atoms. The second-order valence-electron chi connectivity index (χ2n) is 8.53. The molecule has 0 radical (unpaired) electrons. The summed E-state index contributed by atoms with van der Waals surface area (Å²) in [5.74, 6) is 1.02. The molecule has 31 heavy (non-hydrogen) atoms. The second-order valence-corrected chi connectivity index (χ2v) is 8.53. The fourth-order valence-electron chi connectivity index (χ4n) is 4.33. The summed E-state index contributed by atoms with van der Waals surface area (Å²) in [4.78, 5) is 17.3. The number of rotatable bonds is 7. The summed E-state index contributed by atoms with van der Waals surface area (Å²) in [6, 6.07) is 12.3. The number of nitrogens with one attached hydrogen (secondary N) is 1. The molecule has 1 amide bonds. The van der Waals surface area contributed by atoms with Crippen LogP contribution in [0.15, 0.2) is 36.4 Å². The van der Waals surface area contributed by atoms with Crippen LogP contribution in [0.25, 0.3) is 11.3 Å². The Labute approximate surface area is 184 Å². The van der Waals surface area contributed by atoms with E-state index in [0.29, 0.717) is 6.54 Å². The smallest absolute Gasteiger partial charge is 0.224 e. The summed E-state index contributed by atoms with van der Waals surface area (Å²) < 4.78 is 5.38. The quantitative estimate of drug-likeness (QED) is 0.690. The van der Waals surface area contributed by atoms with Crippen molar-refractivity contribution >= 4 is 11.7 Å². The molecule has 2 aromatic rings. The zero-order valence-electron chi connectivity index (χ0n) is 18.4. The topological polar surface area (TPSA) is 70.6 Å². The van der Waals surface area contributed by atoms with E-state index in [2.05, 4.69) is 50.4 Å². The molecule has 3 heterocycles. The third-order valence-electron chi connectivity index (χ3n) is 6.13. The maximum Gasteiger partial charge on any atom is 0.224 e. The van der Waals surface area contributed by atoms with Gasteiger partial charge >= 0.3 is 0 Å². The molecule has 0 aliphatic carbocycles. The van der Waals surface area contributed by atoms with Gasteiger partial charge in [0, 0.05) is 38.3 Å². The lowest BCUT2D eigenvalue weighted by Crippen LogP contribution is -2.44. The van der Waals surface area contributed by atoms with E-state index in [1.54, 1.807) is 0 Å². The molecular weight excluding hydrogens is 390 g/mol. The van der Waals surface area contributed by atoms with Crippen molar-refractivity contribution in [1.29, 1.82) is 0 Å². The van der Waals surface area contributed by atoms with Crippen molar-refractivity contribution < 1.29 is 9.53 Å². The minimum absolute atomic E-state index is 0.00962. The molecule has 1 aromatic heterocycles. The number of carbonyl (C=O) groups is 1. The van der Waals surface area contributed by atoms with Crippen molar-refractivity contribution in [3.8, 4) is 11.3 Å². The van der Waals surface area contributed by atoms with Gasteiger partial charge < -0.3 is 15.0 Å². The van der Waals surface area contributed by atoms with Crippen LogP contribution in [0.3, 0.4) is 0 Å². The largest absolute Gasteiger partial charge is 0.379 e. The molecule has 1 atom stereocenters. The first kappa shape index (κ1) is 21.7. The fourth-order valence-corrected chi connectivity index (χ4v) is 4.33. The molecule has 2 aliphatic heterocycles. The van der Waals surface area contributed by atoms with Crippen molar-refractivity contribution in [1.82, 2.24) is 20.4 Å². The molecule has 0 unspecified atom stereocenters. The highest BCUT2D eigenvalue weighted by atomic mass is 16.5. The molecule has 2 saturated heterocycles. The Morgan fingerprint density at radius 3 is 2.81 bits per heavy atom. The van der Waals surface area contributed by atoms with Crippen molar-refractivity contribution in [3.63, 3.8) is 0 Å². The highest BCUT2D eigenvalue weighted by Gasteiger charge is 2.26. The highest BCUT2D eigenvalue weighted by molar-refractivity contribution is 5.79. The van der Waals surface area contributed by atoms with Crippen LogP contribution in [0.1, 0.15) is 24.8 Å². The van der Waals surface area contributed by atoms with Crippen LogP contribution in [0.4, 0.5) is 5.82 Å². The Balaban J connectivity index is 1.26. The van der Waals surface area contributed by atoms with Crippen molar-refractivity contribution in [2.24, 2.45) is 5.92 Å². The first-order valence-corrected chi connectivity index (χ1v) is 11.4. The lowest BCUT2D eigenvalue weighted by molar-refractivity contribution is -0.125. The highest BCUT2D eigenvalue weighted by Crippen LogP contribution is 2.24. The van der Waals surface area contributed by atoms with Crippen LogP contribution in [0.5, 0.6) is 0 Å². The van der Waals surface area contributed by atoms with Gasteiger partial charge in [0.25, 0.3) is 0 Å². The number of aryl methyl sites for hydroxylation is 1. The Morgan fingerprint density at radius 1 is 1.16 bits per heavy atom. The monoisotopic (exact) mass is 423 g/mol. The molecule has 2 aliphatic rings. The standard InChI is InChI=1S/C24H33N5O2/c1-19-5-2-6-20(17-19)22-8-9-23(27-26-22)29-12-3-7-21(18-29)24(30)25-10-4-11-28-13-15-31-16-14-28/h2,5-6,8-9,17,21H,3-4,7,10-16,18H2,1H3,(H,25,30)/t21-/m0/s1. The summed E-state index contributed by atoms with van der Waals surface area (Å²) in [6.07, 6.45) is 2.90. The number of morpholine rings is 1. The molecule has 1 N–H and O–H groups in total. The van der Waals surface area contributed by atoms with Gasteiger partial charge in [-0.15, -0.1) is 10.2 Å². The van der Waals surface area contributed by atoms with Gasteiger partial charge in [-0.05, 0) is 50.9 Å². The second kappa shape index (κ2) is 10.7. The minimum atomic E-state index is 0.00962. The molecule has 1 aromatic carbocycles. The maximum absolute atomic E-state index is 12.7. The van der Waals surface area contributed by atoms with Gasteiger partial charge in [0.2, 0.25) is 5.91 Å². The number of hydrogen-bond acceptors (Lipinski definition) is 6. The number of nitrogens with zero attached hydrogens (tertiary/aromatic N) is 4. The normalized spacial score (nSPS) is 19.9. The average molecular weight is 424 g/mol. The van der Waals surface area contributed by atoms with Gasteiger partial charge in [0.05, 0.1) is 24.8 Å². The van der Waals surface area contributed by atoms with Crippen molar-refractivity contribution in [2.45, 2.75) is 26.2 Å². The van der Waals surface area contributed by atoms with E-state index in [0.717, 1.165) is 82.3 Å². The molecule has 2 fully saturated rings. The van der Waals surface area contributed by atoms with E-state index in [1.807, 2.05) is 18.2 Å². The Bertz CT molecular complexity index is 851. The molecule has 0 bridgehead atoms. The summed E-state index contributed by atoms with van der Waals surface area (Å²) >= 11 is 0. The third kappa shape index (κ3) is 6.02. The van der Waals surface area contributed by atoms with Crippen LogP contribution in [-0.2, 0) is 9.53 Å². The van der Waals surface area contributed by atoms with Gasteiger partial charge in [-0.3, -0.25) is 9.69 Å². The van der Waals surface area contributed by atoms with Crippen LogP contribution in [-0.4, -0.2) is 73.5 Å². The molecule has 166 valence electrons. The summed E-state index contributed by atoms with van der Waals surface area (Å²) in [5.41, 5.74) is 3.16. The van der Waals surface area contributed by atoms with E-state index >= 15 is 0 Å². The van der Waals surface area contributed by atoms with Crippen molar-refractivity contribution in [2.75, 3.05) is 57.4 Å². The van der Waals surface area contributed by atoms with Crippen molar-refractivity contribution in [3.05, 3.63) is 42.0 Å². The SMILES string of the molecule is Cc1cccc(-c2ccc(N3CCC[C@H](C(=O)NCCCN4CCOCC4)C3)nn2)c1.